The minimum atomic E-state index is -0.291. The highest BCUT2D eigenvalue weighted by molar-refractivity contribution is 8.00. The van der Waals surface area contributed by atoms with Gasteiger partial charge in [0.2, 0.25) is 5.91 Å². The van der Waals surface area contributed by atoms with Gasteiger partial charge in [0.15, 0.2) is 16.7 Å². The van der Waals surface area contributed by atoms with E-state index in [1.165, 1.54) is 11.8 Å². The summed E-state index contributed by atoms with van der Waals surface area (Å²) >= 11 is 1.46. The highest BCUT2D eigenvalue weighted by Crippen LogP contribution is 2.33. The fourth-order valence-electron chi connectivity index (χ4n) is 3.03. The Hall–Kier alpha value is -2.67. The van der Waals surface area contributed by atoms with E-state index in [9.17, 15) is 4.79 Å². The molecule has 0 radical (unpaired) electrons. The van der Waals surface area contributed by atoms with Crippen LogP contribution in [-0.4, -0.2) is 33.9 Å². The number of fused-ring (bicyclic) bond motifs is 2. The molecule has 4 rings (SSSR count). The second-order valence-corrected chi connectivity index (χ2v) is 7.54. The summed E-state index contributed by atoms with van der Waals surface area (Å²) in [5, 5.41) is 3.51. The van der Waals surface area contributed by atoms with Crippen LogP contribution in [0.3, 0.4) is 0 Å². The molecule has 27 heavy (non-hydrogen) atoms. The fourth-order valence-corrected chi connectivity index (χ4v) is 4.01. The quantitative estimate of drug-likeness (QED) is 0.676. The van der Waals surface area contributed by atoms with Gasteiger partial charge in [0.1, 0.15) is 13.2 Å². The number of hydrogen-bond donors (Lipinski definition) is 1. The number of rotatable bonds is 5. The molecular weight excluding hydrogens is 362 g/mol. The molecule has 1 aliphatic heterocycles. The van der Waals surface area contributed by atoms with E-state index < -0.39 is 0 Å². The zero-order chi connectivity index (χ0) is 18.8. The summed E-state index contributed by atoms with van der Waals surface area (Å²) in [5.74, 6) is 1.29. The molecule has 2 heterocycles. The SMILES string of the molecule is CCn1c(SC(C)C(=O)Nc2ccc3c(c2)OCCO3)nc2ccccc21. The smallest absolute Gasteiger partial charge is 0.237 e. The van der Waals surface area contributed by atoms with Gasteiger partial charge in [-0.05, 0) is 38.1 Å². The number of aryl methyl sites for hydroxylation is 1. The average Bonchev–Trinajstić information content (AvgIpc) is 3.04. The number of aromatic nitrogens is 2. The highest BCUT2D eigenvalue weighted by atomic mass is 32.2. The van der Waals surface area contributed by atoms with Gasteiger partial charge in [-0.15, -0.1) is 0 Å². The molecule has 1 amide bonds. The summed E-state index contributed by atoms with van der Waals surface area (Å²) in [6.45, 7) is 5.84. The van der Waals surface area contributed by atoms with Gasteiger partial charge in [-0.25, -0.2) is 4.98 Å². The van der Waals surface area contributed by atoms with Crippen LogP contribution in [0.2, 0.25) is 0 Å². The number of carbonyl (C=O) groups excluding carboxylic acids is 1. The number of carbonyl (C=O) groups is 1. The molecule has 6 nitrogen and oxygen atoms in total. The van der Waals surface area contributed by atoms with Gasteiger partial charge in [0, 0.05) is 18.3 Å². The van der Waals surface area contributed by atoms with E-state index in [-0.39, 0.29) is 11.2 Å². The molecule has 1 aromatic heterocycles. The molecule has 0 fully saturated rings. The van der Waals surface area contributed by atoms with Crippen molar-refractivity contribution in [3.8, 4) is 11.5 Å². The number of thioether (sulfide) groups is 1. The highest BCUT2D eigenvalue weighted by Gasteiger charge is 2.20. The molecular formula is C20H21N3O3S. The topological polar surface area (TPSA) is 65.4 Å². The maximum absolute atomic E-state index is 12.7. The molecule has 7 heteroatoms. The first-order valence-corrected chi connectivity index (χ1v) is 9.86. The number of benzene rings is 2. The van der Waals surface area contributed by atoms with Crippen LogP contribution in [-0.2, 0) is 11.3 Å². The number of ether oxygens (including phenoxy) is 2. The lowest BCUT2D eigenvalue weighted by Gasteiger charge is -2.19. The van der Waals surface area contributed by atoms with Crippen molar-refractivity contribution in [1.82, 2.24) is 9.55 Å². The number of amides is 1. The van der Waals surface area contributed by atoms with Crippen LogP contribution in [0, 0.1) is 0 Å². The predicted octanol–water partition coefficient (Wildman–Crippen LogP) is 3.95. The third kappa shape index (κ3) is 3.60. The van der Waals surface area contributed by atoms with Crippen LogP contribution in [0.4, 0.5) is 5.69 Å². The Balaban J connectivity index is 1.48. The van der Waals surface area contributed by atoms with E-state index in [1.807, 2.05) is 37.3 Å². The summed E-state index contributed by atoms with van der Waals surface area (Å²) in [4.78, 5) is 17.3. The van der Waals surface area contributed by atoms with Crippen molar-refractivity contribution in [2.24, 2.45) is 0 Å². The van der Waals surface area contributed by atoms with Crippen LogP contribution in [0.15, 0.2) is 47.6 Å². The van der Waals surface area contributed by atoms with Gasteiger partial charge in [0.05, 0.1) is 16.3 Å². The van der Waals surface area contributed by atoms with Gasteiger partial charge in [-0.2, -0.15) is 0 Å². The van der Waals surface area contributed by atoms with Gasteiger partial charge >= 0.3 is 0 Å². The zero-order valence-electron chi connectivity index (χ0n) is 15.3. The minimum Gasteiger partial charge on any atom is -0.486 e. The molecule has 1 atom stereocenters. The Morgan fingerprint density at radius 3 is 2.81 bits per heavy atom. The minimum absolute atomic E-state index is 0.0774. The van der Waals surface area contributed by atoms with E-state index in [4.69, 9.17) is 9.47 Å². The molecule has 2 aromatic carbocycles. The predicted molar refractivity (Wildman–Crippen MR) is 107 cm³/mol. The van der Waals surface area contributed by atoms with Crippen LogP contribution in [0.1, 0.15) is 13.8 Å². The summed E-state index contributed by atoms with van der Waals surface area (Å²) in [6.07, 6.45) is 0. The van der Waals surface area contributed by atoms with Crippen molar-refractivity contribution in [2.75, 3.05) is 18.5 Å². The summed E-state index contributed by atoms with van der Waals surface area (Å²) in [6, 6.07) is 13.5. The number of nitrogens with zero attached hydrogens (tertiary/aromatic N) is 2. The second-order valence-electron chi connectivity index (χ2n) is 6.24. The van der Waals surface area contributed by atoms with Crippen LogP contribution >= 0.6 is 11.8 Å². The first kappa shape index (κ1) is 17.7. The number of imidazole rings is 1. The molecule has 1 unspecified atom stereocenters. The first-order chi connectivity index (χ1) is 13.2. The Morgan fingerprint density at radius 2 is 2.00 bits per heavy atom. The summed E-state index contributed by atoms with van der Waals surface area (Å²) in [7, 11) is 0. The monoisotopic (exact) mass is 383 g/mol. The molecule has 140 valence electrons. The molecule has 0 saturated heterocycles. The van der Waals surface area contributed by atoms with Crippen molar-refractivity contribution >= 4 is 34.4 Å². The fraction of sp³-hybridized carbons (Fsp3) is 0.300. The van der Waals surface area contributed by atoms with Crippen molar-refractivity contribution in [1.29, 1.82) is 0 Å². The van der Waals surface area contributed by atoms with E-state index in [0.717, 1.165) is 22.7 Å². The van der Waals surface area contributed by atoms with E-state index in [0.29, 0.717) is 30.4 Å². The van der Waals surface area contributed by atoms with Gasteiger partial charge < -0.3 is 19.4 Å². The second kappa shape index (κ2) is 7.52. The van der Waals surface area contributed by atoms with Gasteiger partial charge in [0.25, 0.3) is 0 Å². The molecule has 0 aliphatic carbocycles. The number of hydrogen-bond acceptors (Lipinski definition) is 5. The lowest BCUT2D eigenvalue weighted by molar-refractivity contribution is -0.115. The molecule has 1 aliphatic rings. The summed E-state index contributed by atoms with van der Waals surface area (Å²) in [5.41, 5.74) is 2.73. The zero-order valence-corrected chi connectivity index (χ0v) is 16.1. The Bertz CT molecular complexity index is 986. The van der Waals surface area contributed by atoms with Crippen molar-refractivity contribution in [3.63, 3.8) is 0 Å². The molecule has 3 aromatic rings. The van der Waals surface area contributed by atoms with Crippen molar-refractivity contribution in [2.45, 2.75) is 30.8 Å². The largest absolute Gasteiger partial charge is 0.486 e. The number of nitrogens with one attached hydrogen (secondary N) is 1. The van der Waals surface area contributed by atoms with E-state index >= 15 is 0 Å². The Labute approximate surface area is 161 Å². The molecule has 1 N–H and O–H groups in total. The molecule has 0 bridgehead atoms. The number of anilines is 1. The van der Waals surface area contributed by atoms with Crippen molar-refractivity contribution < 1.29 is 14.3 Å². The van der Waals surface area contributed by atoms with Crippen LogP contribution in [0.25, 0.3) is 11.0 Å². The van der Waals surface area contributed by atoms with Crippen molar-refractivity contribution in [3.05, 3.63) is 42.5 Å². The number of para-hydroxylation sites is 2. The summed E-state index contributed by atoms with van der Waals surface area (Å²) < 4.78 is 13.2. The maximum atomic E-state index is 12.7. The molecule has 0 spiro atoms. The third-order valence-corrected chi connectivity index (χ3v) is 5.49. The average molecular weight is 383 g/mol. The lowest BCUT2D eigenvalue weighted by atomic mass is 10.2. The molecule has 0 saturated carbocycles. The first-order valence-electron chi connectivity index (χ1n) is 8.98. The van der Waals surface area contributed by atoms with Crippen LogP contribution < -0.4 is 14.8 Å². The Morgan fingerprint density at radius 1 is 1.22 bits per heavy atom. The lowest BCUT2D eigenvalue weighted by Crippen LogP contribution is -2.23. The standard InChI is InChI=1S/C20H21N3O3S/c1-3-23-16-7-5-4-6-15(16)22-20(23)27-13(2)19(24)21-14-8-9-17-18(12-14)26-11-10-25-17/h4-9,12-13H,3,10-11H2,1-2H3,(H,21,24). The van der Waals surface area contributed by atoms with E-state index in [1.54, 1.807) is 6.07 Å². The maximum Gasteiger partial charge on any atom is 0.237 e. The van der Waals surface area contributed by atoms with E-state index in [2.05, 4.69) is 27.9 Å². The normalized spacial score (nSPS) is 14.1. The van der Waals surface area contributed by atoms with Gasteiger partial charge in [-0.3, -0.25) is 4.79 Å². The van der Waals surface area contributed by atoms with Crippen LogP contribution in [0.5, 0.6) is 11.5 Å². The Kier molecular flexibility index (Phi) is 4.94. The van der Waals surface area contributed by atoms with Gasteiger partial charge in [-0.1, -0.05) is 23.9 Å². The third-order valence-electron chi connectivity index (χ3n) is 4.40.